The number of nitrogens with one attached hydrogen (secondary N) is 1. The number of rotatable bonds is 5. The Labute approximate surface area is 111 Å². The van der Waals surface area contributed by atoms with E-state index in [2.05, 4.69) is 40.2 Å². The number of aryl methyl sites for hydroxylation is 2. The van der Waals surface area contributed by atoms with E-state index in [4.69, 9.17) is 11.6 Å². The van der Waals surface area contributed by atoms with Gasteiger partial charge in [0.15, 0.2) is 0 Å². The second kappa shape index (κ2) is 6.03. The fourth-order valence-electron chi connectivity index (χ4n) is 1.44. The van der Waals surface area contributed by atoms with Gasteiger partial charge >= 0.3 is 0 Å². The van der Waals surface area contributed by atoms with Crippen molar-refractivity contribution in [2.45, 2.75) is 32.7 Å². The van der Waals surface area contributed by atoms with Gasteiger partial charge in [-0.1, -0.05) is 13.8 Å². The fraction of sp³-hybridized carbons (Fsp3) is 0.727. The Bertz CT molecular complexity index is 349. The molecule has 92 valence electrons. The molecule has 3 nitrogen and oxygen atoms in total. The standard InChI is InChI=1S/C11H19BrClN3/c1-7(2)9(13)5-14-6-10-11(12)8(3)15-16(10)4/h7,9,14H,5-6H2,1-4H3. The molecule has 1 heterocycles. The van der Waals surface area contributed by atoms with Crippen LogP contribution in [0.15, 0.2) is 4.47 Å². The van der Waals surface area contributed by atoms with E-state index in [0.717, 1.165) is 29.0 Å². The number of halogens is 2. The zero-order chi connectivity index (χ0) is 12.3. The van der Waals surface area contributed by atoms with E-state index >= 15 is 0 Å². The maximum Gasteiger partial charge on any atom is 0.0739 e. The first-order valence-electron chi connectivity index (χ1n) is 5.46. The minimum atomic E-state index is 0.174. The molecule has 0 saturated heterocycles. The third kappa shape index (κ3) is 3.47. The van der Waals surface area contributed by atoms with Crippen LogP contribution in [-0.4, -0.2) is 21.7 Å². The minimum absolute atomic E-state index is 0.174. The molecule has 1 unspecified atom stereocenters. The van der Waals surface area contributed by atoms with Crippen molar-refractivity contribution >= 4 is 27.5 Å². The lowest BCUT2D eigenvalue weighted by atomic mass is 10.1. The lowest BCUT2D eigenvalue weighted by Gasteiger charge is -2.14. The average Bonchev–Trinajstić information content (AvgIpc) is 2.44. The van der Waals surface area contributed by atoms with Crippen LogP contribution in [0.25, 0.3) is 0 Å². The first-order chi connectivity index (χ1) is 7.43. The van der Waals surface area contributed by atoms with Crippen LogP contribution in [0, 0.1) is 12.8 Å². The summed E-state index contributed by atoms with van der Waals surface area (Å²) >= 11 is 9.71. The molecule has 0 radical (unpaired) electrons. The van der Waals surface area contributed by atoms with Gasteiger partial charge in [-0.05, 0) is 28.8 Å². The van der Waals surface area contributed by atoms with E-state index in [9.17, 15) is 0 Å². The van der Waals surface area contributed by atoms with E-state index in [1.54, 1.807) is 0 Å². The summed E-state index contributed by atoms with van der Waals surface area (Å²) in [5.41, 5.74) is 2.18. The van der Waals surface area contributed by atoms with Crippen LogP contribution >= 0.6 is 27.5 Å². The predicted octanol–water partition coefficient (Wildman–Crippen LogP) is 2.84. The zero-order valence-electron chi connectivity index (χ0n) is 10.2. The molecule has 0 amide bonds. The van der Waals surface area contributed by atoms with Gasteiger partial charge in [-0.2, -0.15) is 5.10 Å². The van der Waals surface area contributed by atoms with Crippen LogP contribution in [0.3, 0.4) is 0 Å². The van der Waals surface area contributed by atoms with Crippen LogP contribution in [0.1, 0.15) is 25.2 Å². The van der Waals surface area contributed by atoms with Crippen molar-refractivity contribution < 1.29 is 0 Å². The molecular weight excluding hydrogens is 289 g/mol. The largest absolute Gasteiger partial charge is 0.310 e. The summed E-state index contributed by atoms with van der Waals surface area (Å²) in [6.07, 6.45) is 0. The van der Waals surface area contributed by atoms with Gasteiger partial charge in [0.25, 0.3) is 0 Å². The molecular formula is C11H19BrClN3. The summed E-state index contributed by atoms with van der Waals surface area (Å²) < 4.78 is 2.98. The lowest BCUT2D eigenvalue weighted by molar-refractivity contribution is 0.534. The van der Waals surface area contributed by atoms with Crippen LogP contribution in [-0.2, 0) is 13.6 Å². The SMILES string of the molecule is Cc1nn(C)c(CNCC(Cl)C(C)C)c1Br. The second-order valence-electron chi connectivity index (χ2n) is 4.36. The molecule has 16 heavy (non-hydrogen) atoms. The Balaban J connectivity index is 2.49. The highest BCUT2D eigenvalue weighted by atomic mass is 79.9. The average molecular weight is 309 g/mol. The second-order valence-corrected chi connectivity index (χ2v) is 5.71. The van der Waals surface area contributed by atoms with Crippen molar-refractivity contribution in [1.82, 2.24) is 15.1 Å². The molecule has 1 aromatic heterocycles. The summed E-state index contributed by atoms with van der Waals surface area (Å²) in [4.78, 5) is 0. The van der Waals surface area contributed by atoms with E-state index in [1.807, 2.05) is 18.7 Å². The minimum Gasteiger partial charge on any atom is -0.310 e. The van der Waals surface area contributed by atoms with E-state index in [-0.39, 0.29) is 5.38 Å². The number of alkyl halides is 1. The van der Waals surface area contributed by atoms with Gasteiger partial charge in [0.1, 0.15) is 0 Å². The number of aromatic nitrogens is 2. The molecule has 0 spiro atoms. The molecule has 5 heteroatoms. The molecule has 0 aromatic carbocycles. The van der Waals surface area contributed by atoms with E-state index in [1.165, 1.54) is 0 Å². The first-order valence-corrected chi connectivity index (χ1v) is 6.69. The summed E-state index contributed by atoms with van der Waals surface area (Å²) in [6, 6.07) is 0. The molecule has 0 aliphatic rings. The van der Waals surface area contributed by atoms with Gasteiger partial charge in [0.05, 0.1) is 15.9 Å². The third-order valence-electron chi connectivity index (χ3n) is 2.62. The predicted molar refractivity (Wildman–Crippen MR) is 71.8 cm³/mol. The quantitative estimate of drug-likeness (QED) is 0.848. The topological polar surface area (TPSA) is 29.9 Å². The van der Waals surface area contributed by atoms with Crippen molar-refractivity contribution in [2.75, 3.05) is 6.54 Å². The molecule has 1 atom stereocenters. The number of nitrogens with zero attached hydrogens (tertiary/aromatic N) is 2. The van der Waals surface area contributed by atoms with E-state index in [0.29, 0.717) is 5.92 Å². The Morgan fingerprint density at radius 3 is 2.56 bits per heavy atom. The molecule has 0 saturated carbocycles. The highest BCUT2D eigenvalue weighted by Gasteiger charge is 2.12. The maximum absolute atomic E-state index is 6.17. The van der Waals surface area contributed by atoms with Crippen LogP contribution < -0.4 is 5.32 Å². The highest BCUT2D eigenvalue weighted by Crippen LogP contribution is 2.20. The van der Waals surface area contributed by atoms with Crippen molar-refractivity contribution in [1.29, 1.82) is 0 Å². The van der Waals surface area contributed by atoms with Gasteiger partial charge in [-0.25, -0.2) is 0 Å². The summed E-state index contributed by atoms with van der Waals surface area (Å²) in [5, 5.41) is 7.87. The Kier molecular flexibility index (Phi) is 5.28. The van der Waals surface area contributed by atoms with E-state index < -0.39 is 0 Å². The maximum atomic E-state index is 6.17. The van der Waals surface area contributed by atoms with Crippen molar-refractivity contribution in [3.05, 3.63) is 15.9 Å². The molecule has 1 rings (SSSR count). The zero-order valence-corrected chi connectivity index (χ0v) is 12.6. The normalized spacial score (nSPS) is 13.4. The molecule has 0 aliphatic heterocycles. The summed E-state index contributed by atoms with van der Waals surface area (Å²) in [7, 11) is 1.95. The Morgan fingerprint density at radius 1 is 1.50 bits per heavy atom. The number of hydrogen-bond donors (Lipinski definition) is 1. The Hall–Kier alpha value is -0.0600. The summed E-state index contributed by atoms with van der Waals surface area (Å²) in [6.45, 7) is 7.85. The van der Waals surface area contributed by atoms with Gasteiger partial charge in [0, 0.05) is 25.5 Å². The van der Waals surface area contributed by atoms with Crippen molar-refractivity contribution in [2.24, 2.45) is 13.0 Å². The summed E-state index contributed by atoms with van der Waals surface area (Å²) in [5.74, 6) is 0.492. The molecule has 0 bridgehead atoms. The molecule has 1 N–H and O–H groups in total. The van der Waals surface area contributed by atoms with Gasteiger partial charge in [-0.3, -0.25) is 4.68 Å². The highest BCUT2D eigenvalue weighted by molar-refractivity contribution is 9.10. The Morgan fingerprint density at radius 2 is 2.12 bits per heavy atom. The van der Waals surface area contributed by atoms with Crippen molar-refractivity contribution in [3.8, 4) is 0 Å². The van der Waals surface area contributed by atoms with Crippen LogP contribution in [0.4, 0.5) is 0 Å². The van der Waals surface area contributed by atoms with Crippen LogP contribution in [0.2, 0.25) is 0 Å². The molecule has 0 fully saturated rings. The molecule has 1 aromatic rings. The van der Waals surface area contributed by atoms with Crippen LogP contribution in [0.5, 0.6) is 0 Å². The molecule has 0 aliphatic carbocycles. The number of hydrogen-bond acceptors (Lipinski definition) is 2. The smallest absolute Gasteiger partial charge is 0.0739 e. The van der Waals surface area contributed by atoms with Gasteiger partial charge in [0.2, 0.25) is 0 Å². The monoisotopic (exact) mass is 307 g/mol. The van der Waals surface area contributed by atoms with Crippen molar-refractivity contribution in [3.63, 3.8) is 0 Å². The first kappa shape index (κ1) is 14.0. The van der Waals surface area contributed by atoms with Gasteiger partial charge < -0.3 is 5.32 Å². The lowest BCUT2D eigenvalue weighted by Crippen LogP contribution is -2.27. The van der Waals surface area contributed by atoms with Gasteiger partial charge in [-0.15, -0.1) is 11.6 Å². The fourth-order valence-corrected chi connectivity index (χ4v) is 2.02. The third-order valence-corrected chi connectivity index (χ3v) is 4.31.